The minimum Gasteiger partial charge on any atom is -0.428 e. The summed E-state index contributed by atoms with van der Waals surface area (Å²) in [5.74, 6) is -0.539. The van der Waals surface area contributed by atoms with Gasteiger partial charge < -0.3 is 39.1 Å². The number of aliphatic imine (C=N–C) groups is 1. The summed E-state index contributed by atoms with van der Waals surface area (Å²) in [7, 11) is -2.41. The van der Waals surface area contributed by atoms with Crippen LogP contribution in [-0.4, -0.2) is 166 Å². The number of aryl methyl sites for hydroxylation is 3. The molecular weight excluding hydrogens is 1080 g/mol. The number of amides is 2. The molecule has 4 aliphatic rings. The van der Waals surface area contributed by atoms with Gasteiger partial charge in [-0.25, -0.2) is 13.4 Å². The number of fused-ring (bicyclic) bond motifs is 4. The third-order valence-corrected chi connectivity index (χ3v) is 19.2. The van der Waals surface area contributed by atoms with Crippen molar-refractivity contribution in [3.8, 4) is 5.00 Å². The lowest BCUT2D eigenvalue weighted by molar-refractivity contribution is -0.174. The monoisotopic (exact) mass is 1160 g/mol. The van der Waals surface area contributed by atoms with E-state index in [-0.39, 0.29) is 66.9 Å². The fraction of sp³-hybridized carbons (Fsp3) is 0.603. The van der Waals surface area contributed by atoms with Crippen molar-refractivity contribution in [1.29, 1.82) is 0 Å². The topological polar surface area (TPSA) is 243 Å². The van der Waals surface area contributed by atoms with E-state index < -0.39 is 51.7 Å². The van der Waals surface area contributed by atoms with E-state index in [2.05, 4.69) is 83.2 Å². The van der Waals surface area contributed by atoms with Crippen LogP contribution in [0.25, 0.3) is 5.00 Å². The van der Waals surface area contributed by atoms with Crippen molar-refractivity contribution in [2.75, 3.05) is 92.8 Å². The number of aromatic nitrogens is 3. The number of nitrogens with zero attached hydrogens (tertiary/aromatic N) is 6. The van der Waals surface area contributed by atoms with E-state index in [1.165, 1.54) is 15.2 Å². The van der Waals surface area contributed by atoms with Crippen molar-refractivity contribution in [3.05, 3.63) is 92.4 Å². The highest BCUT2D eigenvalue weighted by Crippen LogP contribution is 2.48. The normalized spacial score (nSPS) is 20.7. The predicted octanol–water partition coefficient (Wildman–Crippen LogP) is 6.18. The van der Waals surface area contributed by atoms with Crippen LogP contribution in [0.4, 0.5) is 0 Å². The van der Waals surface area contributed by atoms with Crippen LogP contribution in [0.15, 0.2) is 52.4 Å². The minimum atomic E-state index is -4.04. The van der Waals surface area contributed by atoms with E-state index in [0.717, 1.165) is 38.8 Å². The third kappa shape index (κ3) is 14.5. The first kappa shape index (κ1) is 61.6. The van der Waals surface area contributed by atoms with Crippen LogP contribution >= 0.6 is 11.3 Å². The number of esters is 2. The summed E-state index contributed by atoms with van der Waals surface area (Å²) in [5.41, 5.74) is 8.27. The van der Waals surface area contributed by atoms with Gasteiger partial charge in [0.15, 0.2) is 5.82 Å². The molecule has 3 unspecified atom stereocenters. The predicted molar refractivity (Wildman–Crippen MR) is 305 cm³/mol. The average molecular weight is 1160 g/mol. The number of benzene rings is 2. The standard InChI is InChI=1S/C58H81N9O12S2/c1-10-58-34-43(17-24-66(58)61-35-44(58)32-50(69)78-36-79-56(71)57(6,7)8)46-16-15-42(31-48(46)81(72,73)65-22-18-45(74-9)19-23-65)54(70)60-21-26-76-28-30-77-29-27-75-25-20-59-49(68)33-47-53-64-63-40(5)67(53)55-51(38(3)39(4)80-55)52(62-47)41-13-11-37(2)12-14-41/h11-16,31,43-45,47,61H,10,17-30,32-36H2,1-9H3,(H,59,68)(H,60,70)/t43?,44?,47-,58?/m1/s1. The second-order valence-electron chi connectivity index (χ2n) is 22.4. The molecule has 4 aromatic rings. The third-order valence-electron chi connectivity index (χ3n) is 16.0. The number of piperidine rings is 2. The number of ether oxygens (including phenoxy) is 6. The molecule has 3 fully saturated rings. The molecule has 0 aliphatic carbocycles. The smallest absolute Gasteiger partial charge is 0.314 e. The zero-order chi connectivity index (χ0) is 58.1. The molecule has 3 saturated heterocycles. The summed E-state index contributed by atoms with van der Waals surface area (Å²) in [6.07, 6.45) is 3.16. The van der Waals surface area contributed by atoms with Gasteiger partial charge in [-0.15, -0.1) is 21.5 Å². The molecule has 442 valence electrons. The van der Waals surface area contributed by atoms with Crippen molar-refractivity contribution < 1.29 is 56.0 Å². The Bertz CT molecular complexity index is 3000. The number of hydrogen-bond acceptors (Lipinski definition) is 18. The number of thiophene rings is 1. The van der Waals surface area contributed by atoms with Crippen LogP contribution in [0.5, 0.6) is 0 Å². The van der Waals surface area contributed by atoms with E-state index in [4.69, 9.17) is 33.4 Å². The zero-order valence-corrected chi connectivity index (χ0v) is 50.0. The summed E-state index contributed by atoms with van der Waals surface area (Å²) >= 11 is 1.68. The highest BCUT2D eigenvalue weighted by molar-refractivity contribution is 7.89. The molecule has 3 N–H and O–H groups in total. The van der Waals surface area contributed by atoms with Crippen LogP contribution in [0.3, 0.4) is 0 Å². The Morgan fingerprint density at radius 1 is 0.840 bits per heavy atom. The van der Waals surface area contributed by atoms with Crippen molar-refractivity contribution >= 4 is 50.8 Å². The van der Waals surface area contributed by atoms with Gasteiger partial charge in [-0.2, -0.15) is 4.31 Å². The molecule has 4 aliphatic heterocycles. The van der Waals surface area contributed by atoms with Gasteiger partial charge in [0.2, 0.25) is 22.7 Å². The maximum Gasteiger partial charge on any atom is 0.314 e. The van der Waals surface area contributed by atoms with Gasteiger partial charge >= 0.3 is 11.9 Å². The molecule has 23 heteroatoms. The summed E-state index contributed by atoms with van der Waals surface area (Å²) in [6, 6.07) is 12.7. The lowest BCUT2D eigenvalue weighted by Gasteiger charge is -2.47. The summed E-state index contributed by atoms with van der Waals surface area (Å²) in [4.78, 5) is 58.9. The average Bonchev–Trinajstić information content (AvgIpc) is 4.33. The van der Waals surface area contributed by atoms with Gasteiger partial charge in [-0.05, 0) is 110 Å². The van der Waals surface area contributed by atoms with Crippen molar-refractivity contribution in [2.24, 2.45) is 16.3 Å². The van der Waals surface area contributed by atoms with Gasteiger partial charge in [-0.1, -0.05) is 42.8 Å². The van der Waals surface area contributed by atoms with E-state index in [0.29, 0.717) is 103 Å². The Labute approximate surface area is 480 Å². The zero-order valence-electron chi connectivity index (χ0n) is 48.4. The summed E-state index contributed by atoms with van der Waals surface area (Å²) in [6.45, 7) is 18.9. The first-order chi connectivity index (χ1) is 38.7. The van der Waals surface area contributed by atoms with Crippen molar-refractivity contribution in [2.45, 2.75) is 129 Å². The van der Waals surface area contributed by atoms with Gasteiger partial charge in [0.25, 0.3) is 5.91 Å². The van der Waals surface area contributed by atoms with E-state index in [1.54, 1.807) is 51.4 Å². The number of sulfonamides is 1. The molecule has 2 amide bonds. The molecule has 21 nitrogen and oxygen atoms in total. The lowest BCUT2D eigenvalue weighted by atomic mass is 9.70. The van der Waals surface area contributed by atoms with Crippen LogP contribution in [0.1, 0.15) is 139 Å². The van der Waals surface area contributed by atoms with Crippen LogP contribution < -0.4 is 16.1 Å². The van der Waals surface area contributed by atoms with Crippen molar-refractivity contribution in [3.63, 3.8) is 0 Å². The Hall–Kier alpha value is -5.50. The molecule has 0 spiro atoms. The SMILES string of the molecule is CCC12CC(c3ccc(C(=O)NCCOCCOCCOCCNC(=O)C[C@H]4N=C(c5ccc(C)cc5)c5c(sc(C)c5C)-n5c(C)nnc54)cc3S(=O)(=O)N3CCC(OC)CC3)CCN1NCC2CC(=O)OCOC(=O)C(C)(C)C. The fourth-order valence-electron chi connectivity index (χ4n) is 11.3. The largest absolute Gasteiger partial charge is 0.428 e. The van der Waals surface area contributed by atoms with Gasteiger partial charge in [0.05, 0.1) is 74.6 Å². The van der Waals surface area contributed by atoms with Gasteiger partial charge in [-0.3, -0.25) is 34.2 Å². The Morgan fingerprint density at radius 3 is 2.19 bits per heavy atom. The Balaban J connectivity index is 0.778. The van der Waals surface area contributed by atoms with E-state index >= 15 is 0 Å². The molecule has 2 aromatic heterocycles. The summed E-state index contributed by atoms with van der Waals surface area (Å²) in [5, 5.41) is 17.9. The fourth-order valence-corrected chi connectivity index (χ4v) is 14.3. The molecule has 4 atom stereocenters. The quantitative estimate of drug-likeness (QED) is 0.0381. The number of carbonyl (C=O) groups is 4. The molecule has 0 bridgehead atoms. The van der Waals surface area contributed by atoms with Gasteiger partial charge in [0.1, 0.15) is 16.9 Å². The highest BCUT2D eigenvalue weighted by Gasteiger charge is 2.52. The number of nitrogens with one attached hydrogen (secondary N) is 3. The van der Waals surface area contributed by atoms with E-state index in [9.17, 15) is 27.6 Å². The maximum absolute atomic E-state index is 14.7. The van der Waals surface area contributed by atoms with Crippen molar-refractivity contribution in [1.82, 2.24) is 40.1 Å². The molecule has 6 heterocycles. The van der Waals surface area contributed by atoms with Crippen LogP contribution in [0.2, 0.25) is 0 Å². The molecule has 81 heavy (non-hydrogen) atoms. The second-order valence-corrected chi connectivity index (χ2v) is 25.5. The molecular formula is C58H81N9O12S2. The van der Waals surface area contributed by atoms with Crippen LogP contribution in [0, 0.1) is 39.0 Å². The maximum atomic E-state index is 14.7. The Morgan fingerprint density at radius 2 is 1.52 bits per heavy atom. The minimum absolute atomic E-state index is 0.0351. The first-order valence-electron chi connectivity index (χ1n) is 28.2. The van der Waals surface area contributed by atoms with Gasteiger partial charge in [0, 0.05) is 79.4 Å². The number of carbonyl (C=O) groups excluding carboxylic acids is 4. The second kappa shape index (κ2) is 27.3. The first-order valence-corrected chi connectivity index (χ1v) is 30.5. The number of methoxy groups -OCH3 is 1. The lowest BCUT2D eigenvalue weighted by Crippen LogP contribution is -2.55. The molecule has 0 saturated carbocycles. The number of hydrazine groups is 1. The Kier molecular flexibility index (Phi) is 20.7. The number of hydrogen-bond donors (Lipinski definition) is 3. The molecule has 2 aromatic carbocycles. The highest BCUT2D eigenvalue weighted by atomic mass is 32.2. The molecule has 0 radical (unpaired) electrons. The summed E-state index contributed by atoms with van der Waals surface area (Å²) < 4.78 is 66.1. The molecule has 8 rings (SSSR count). The van der Waals surface area contributed by atoms with Crippen LogP contribution in [-0.2, 0) is 52.8 Å². The number of rotatable bonds is 25. The van der Waals surface area contributed by atoms with E-state index in [1.807, 2.05) is 11.5 Å².